The van der Waals surface area contributed by atoms with Gasteiger partial charge in [-0.1, -0.05) is 60.7 Å². The lowest BCUT2D eigenvalue weighted by Gasteiger charge is -2.21. The molecular formula is C21H21N3O6. The predicted molar refractivity (Wildman–Crippen MR) is 104 cm³/mol. The molecule has 0 aromatic heterocycles. The van der Waals surface area contributed by atoms with Crippen molar-refractivity contribution in [3.8, 4) is 0 Å². The van der Waals surface area contributed by atoms with Crippen LogP contribution >= 0.6 is 0 Å². The summed E-state index contributed by atoms with van der Waals surface area (Å²) in [5.74, 6) is -1.19. The highest BCUT2D eigenvalue weighted by Gasteiger charge is 2.33. The second-order valence-electron chi connectivity index (χ2n) is 6.55. The van der Waals surface area contributed by atoms with Gasteiger partial charge in [-0.05, 0) is 11.1 Å². The number of hydrogen-bond donors (Lipinski definition) is 2. The highest BCUT2D eigenvalue weighted by Crippen LogP contribution is 2.12. The van der Waals surface area contributed by atoms with Crippen molar-refractivity contribution in [1.82, 2.24) is 15.7 Å². The number of alkyl carbamates (subject to hydrolysis) is 1. The molecule has 9 nitrogen and oxygen atoms in total. The van der Waals surface area contributed by atoms with E-state index in [1.807, 2.05) is 60.7 Å². The molecule has 1 atom stereocenters. The zero-order chi connectivity index (χ0) is 21.3. The number of benzene rings is 2. The lowest BCUT2D eigenvalue weighted by Crippen LogP contribution is -2.51. The van der Waals surface area contributed by atoms with Crippen LogP contribution in [0.2, 0.25) is 0 Å². The first-order valence-corrected chi connectivity index (χ1v) is 9.36. The van der Waals surface area contributed by atoms with Gasteiger partial charge >= 0.3 is 12.2 Å². The van der Waals surface area contributed by atoms with Gasteiger partial charge in [0.05, 0.1) is 0 Å². The minimum atomic E-state index is -1.04. The van der Waals surface area contributed by atoms with E-state index in [9.17, 15) is 19.2 Å². The van der Waals surface area contributed by atoms with Gasteiger partial charge in [0, 0.05) is 19.3 Å². The smallest absolute Gasteiger partial charge is 0.433 e. The standard InChI is InChI=1S/C21H21N3O6/c25-18-11-12-19(26)24(18)30-21(28)23-17(13-15-7-3-1-4-8-15)22-20(27)29-14-16-9-5-2-6-10-16/h1-10,17H,11-14H2,(H,22,27)(H,23,28)/t17-/m1/s1. The monoisotopic (exact) mass is 411 g/mol. The maximum Gasteiger partial charge on any atom is 0.433 e. The van der Waals surface area contributed by atoms with E-state index < -0.39 is 30.2 Å². The summed E-state index contributed by atoms with van der Waals surface area (Å²) in [7, 11) is 0. The molecule has 0 spiro atoms. The number of rotatable bonds is 7. The van der Waals surface area contributed by atoms with Crippen LogP contribution in [0.3, 0.4) is 0 Å². The Labute approximate surface area is 172 Å². The van der Waals surface area contributed by atoms with Gasteiger partial charge in [0.1, 0.15) is 12.8 Å². The van der Waals surface area contributed by atoms with Crippen LogP contribution in [-0.2, 0) is 32.2 Å². The van der Waals surface area contributed by atoms with Crippen LogP contribution < -0.4 is 10.6 Å². The molecule has 156 valence electrons. The number of nitrogens with one attached hydrogen (secondary N) is 2. The molecule has 1 fully saturated rings. The highest BCUT2D eigenvalue weighted by molar-refractivity contribution is 6.01. The quantitative estimate of drug-likeness (QED) is 0.534. The van der Waals surface area contributed by atoms with E-state index in [1.165, 1.54) is 0 Å². The number of hydrogen-bond acceptors (Lipinski definition) is 6. The van der Waals surface area contributed by atoms with Crippen molar-refractivity contribution in [1.29, 1.82) is 0 Å². The molecule has 9 heteroatoms. The highest BCUT2D eigenvalue weighted by atomic mass is 16.7. The van der Waals surface area contributed by atoms with Crippen LogP contribution in [0.5, 0.6) is 0 Å². The average Bonchev–Trinajstić information content (AvgIpc) is 3.05. The van der Waals surface area contributed by atoms with Gasteiger partial charge in [-0.3, -0.25) is 14.9 Å². The fourth-order valence-electron chi connectivity index (χ4n) is 2.80. The third kappa shape index (κ3) is 6.06. The molecule has 0 radical (unpaired) electrons. The van der Waals surface area contributed by atoms with Crippen LogP contribution in [0.1, 0.15) is 24.0 Å². The Morgan fingerprint density at radius 1 is 0.833 bits per heavy atom. The second-order valence-corrected chi connectivity index (χ2v) is 6.55. The first-order chi connectivity index (χ1) is 14.5. The van der Waals surface area contributed by atoms with Crippen molar-refractivity contribution in [2.75, 3.05) is 0 Å². The zero-order valence-corrected chi connectivity index (χ0v) is 16.1. The summed E-state index contributed by atoms with van der Waals surface area (Å²) in [6, 6.07) is 18.3. The Kier molecular flexibility index (Phi) is 6.99. The van der Waals surface area contributed by atoms with Gasteiger partial charge in [-0.25, -0.2) is 9.59 Å². The third-order valence-electron chi connectivity index (χ3n) is 4.26. The molecule has 30 heavy (non-hydrogen) atoms. The molecule has 0 aliphatic carbocycles. The molecule has 1 aliphatic heterocycles. The molecule has 2 aromatic carbocycles. The van der Waals surface area contributed by atoms with Gasteiger partial charge < -0.3 is 14.9 Å². The Bertz CT molecular complexity index is 887. The van der Waals surface area contributed by atoms with E-state index in [0.717, 1.165) is 11.1 Å². The molecule has 0 bridgehead atoms. The summed E-state index contributed by atoms with van der Waals surface area (Å²) in [5, 5.41) is 5.43. The van der Waals surface area contributed by atoms with Crippen molar-refractivity contribution in [3.05, 3.63) is 71.8 Å². The van der Waals surface area contributed by atoms with Gasteiger partial charge in [-0.2, -0.15) is 0 Å². The summed E-state index contributed by atoms with van der Waals surface area (Å²) < 4.78 is 5.18. The molecule has 1 heterocycles. The minimum Gasteiger partial charge on any atom is -0.445 e. The lowest BCUT2D eigenvalue weighted by molar-refractivity contribution is -0.171. The second kappa shape index (κ2) is 10.1. The topological polar surface area (TPSA) is 114 Å². The summed E-state index contributed by atoms with van der Waals surface area (Å²) in [6.45, 7) is 0.0615. The van der Waals surface area contributed by atoms with Crippen LogP contribution in [0.15, 0.2) is 60.7 Å². The van der Waals surface area contributed by atoms with E-state index in [0.29, 0.717) is 5.06 Å². The number of hydroxylamine groups is 2. The van der Waals surface area contributed by atoms with E-state index in [1.54, 1.807) is 0 Å². The Morgan fingerprint density at radius 3 is 1.97 bits per heavy atom. The van der Waals surface area contributed by atoms with Gasteiger partial charge in [0.25, 0.3) is 11.8 Å². The van der Waals surface area contributed by atoms with Crippen LogP contribution in [0.25, 0.3) is 0 Å². The largest absolute Gasteiger partial charge is 0.445 e. The fourth-order valence-corrected chi connectivity index (χ4v) is 2.80. The summed E-state index contributed by atoms with van der Waals surface area (Å²) in [4.78, 5) is 52.4. The molecule has 2 N–H and O–H groups in total. The minimum absolute atomic E-state index is 0.0103. The van der Waals surface area contributed by atoms with Crippen LogP contribution in [-0.4, -0.2) is 35.2 Å². The van der Waals surface area contributed by atoms with Crippen molar-refractivity contribution in [2.24, 2.45) is 0 Å². The van der Waals surface area contributed by atoms with Crippen molar-refractivity contribution >= 4 is 24.0 Å². The van der Waals surface area contributed by atoms with Crippen molar-refractivity contribution < 1.29 is 28.8 Å². The normalized spacial score (nSPS) is 14.2. The molecule has 2 aromatic rings. The van der Waals surface area contributed by atoms with Crippen LogP contribution in [0, 0.1) is 0 Å². The molecule has 1 saturated heterocycles. The van der Waals surface area contributed by atoms with Gasteiger partial charge in [0.2, 0.25) is 0 Å². The van der Waals surface area contributed by atoms with E-state index in [4.69, 9.17) is 9.57 Å². The molecule has 0 saturated carbocycles. The summed E-state index contributed by atoms with van der Waals surface area (Å²) in [5.41, 5.74) is 1.64. The van der Waals surface area contributed by atoms with Crippen molar-refractivity contribution in [2.45, 2.75) is 32.0 Å². The Balaban J connectivity index is 1.59. The fraction of sp³-hybridized carbons (Fsp3) is 0.238. The van der Waals surface area contributed by atoms with E-state index >= 15 is 0 Å². The van der Waals surface area contributed by atoms with E-state index in [-0.39, 0.29) is 25.9 Å². The molecular weight excluding hydrogens is 390 g/mol. The SMILES string of the molecule is O=C(N[C@@H](Cc1ccccc1)NC(=O)ON1C(=O)CCC1=O)OCc1ccccc1. The maximum absolute atomic E-state index is 12.2. The summed E-state index contributed by atoms with van der Waals surface area (Å²) >= 11 is 0. The Hall–Kier alpha value is -3.88. The first-order valence-electron chi connectivity index (χ1n) is 9.36. The van der Waals surface area contributed by atoms with Gasteiger partial charge in [0.15, 0.2) is 0 Å². The zero-order valence-electron chi connectivity index (χ0n) is 16.1. The summed E-state index contributed by atoms with van der Waals surface area (Å²) in [6.07, 6.45) is -2.46. The average molecular weight is 411 g/mol. The first kappa shape index (κ1) is 20.8. The number of amides is 4. The molecule has 3 rings (SSSR count). The molecule has 4 amide bonds. The maximum atomic E-state index is 12.2. The Morgan fingerprint density at radius 2 is 1.37 bits per heavy atom. The number of carbonyl (C=O) groups is 4. The third-order valence-corrected chi connectivity index (χ3v) is 4.26. The molecule has 1 aliphatic rings. The number of imide groups is 1. The number of ether oxygens (including phenoxy) is 1. The number of carbonyl (C=O) groups excluding carboxylic acids is 4. The van der Waals surface area contributed by atoms with Crippen LogP contribution in [0.4, 0.5) is 9.59 Å². The van der Waals surface area contributed by atoms with Gasteiger partial charge in [-0.15, -0.1) is 5.06 Å². The van der Waals surface area contributed by atoms with E-state index in [2.05, 4.69) is 10.6 Å². The lowest BCUT2D eigenvalue weighted by atomic mass is 10.1. The van der Waals surface area contributed by atoms with Crippen molar-refractivity contribution in [3.63, 3.8) is 0 Å². The predicted octanol–water partition coefficient (Wildman–Crippen LogP) is 2.27. The molecule has 0 unspecified atom stereocenters. The number of nitrogens with zero attached hydrogens (tertiary/aromatic N) is 1.